The molecular weight excluding hydrogens is 286 g/mol. The zero-order valence-electron chi connectivity index (χ0n) is 13.2. The molecule has 1 heterocycles. The van der Waals surface area contributed by atoms with Gasteiger partial charge in [0.05, 0.1) is 5.56 Å². The first-order valence-electron chi connectivity index (χ1n) is 7.43. The number of likely N-dealkylation sites (tertiary alicyclic amines) is 1. The molecule has 0 saturated carbocycles. The predicted octanol–water partition coefficient (Wildman–Crippen LogP) is 4.12. The summed E-state index contributed by atoms with van der Waals surface area (Å²) in [4.78, 5) is 13.9. The van der Waals surface area contributed by atoms with E-state index in [0.717, 1.165) is 18.7 Å². The van der Waals surface area contributed by atoms with Gasteiger partial charge in [-0.05, 0) is 43.4 Å². The topological polar surface area (TPSA) is 40.5 Å². The summed E-state index contributed by atoms with van der Waals surface area (Å²) in [5.41, 5.74) is 1.35. The summed E-state index contributed by atoms with van der Waals surface area (Å²) in [7, 11) is 0. The monoisotopic (exact) mass is 309 g/mol. The molecule has 0 spiro atoms. The first-order valence-corrected chi connectivity index (χ1v) is 7.81. The summed E-state index contributed by atoms with van der Waals surface area (Å²) in [6, 6.07) is 3.29. The van der Waals surface area contributed by atoms with Crippen molar-refractivity contribution in [1.82, 2.24) is 4.90 Å². The second-order valence-corrected chi connectivity index (χ2v) is 7.54. The van der Waals surface area contributed by atoms with Crippen LogP contribution in [-0.2, 0) is 6.54 Å². The molecule has 0 bridgehead atoms. The van der Waals surface area contributed by atoms with Gasteiger partial charge in [0, 0.05) is 23.7 Å². The molecule has 3 nitrogen and oxygen atoms in total. The lowest BCUT2D eigenvalue weighted by atomic mass is 9.80. The second kappa shape index (κ2) is 5.98. The number of hydrogen-bond donors (Lipinski definition) is 1. The number of rotatable bonds is 3. The highest BCUT2D eigenvalue weighted by atomic mass is 35.5. The first kappa shape index (κ1) is 16.3. The lowest BCUT2D eigenvalue weighted by molar-refractivity contribution is 0.101. The summed E-state index contributed by atoms with van der Waals surface area (Å²) < 4.78 is 0. The van der Waals surface area contributed by atoms with Gasteiger partial charge < -0.3 is 5.11 Å². The fraction of sp³-hybridized carbons (Fsp3) is 0.588. The standard InChI is InChI=1S/C17H24ClNO2/c1-11(20)15-8-14(18)7-12(16(15)21)9-19-6-5-13(10-19)17(2,3)4/h7-8,13,21H,5-6,9-10H2,1-4H3. The minimum Gasteiger partial charge on any atom is -0.507 e. The number of carbonyl (C=O) groups excluding carboxylic acids is 1. The van der Waals surface area contributed by atoms with E-state index in [1.807, 2.05) is 0 Å². The largest absolute Gasteiger partial charge is 0.507 e. The smallest absolute Gasteiger partial charge is 0.163 e. The Balaban J connectivity index is 2.16. The third-order valence-electron chi connectivity index (χ3n) is 4.42. The van der Waals surface area contributed by atoms with E-state index in [1.165, 1.54) is 19.4 Å². The van der Waals surface area contributed by atoms with Crippen LogP contribution < -0.4 is 0 Å². The van der Waals surface area contributed by atoms with Crippen molar-refractivity contribution in [2.45, 2.75) is 40.7 Å². The first-order chi connectivity index (χ1) is 9.68. The molecule has 1 aliphatic heterocycles. The molecule has 1 aromatic rings. The van der Waals surface area contributed by atoms with Crippen molar-refractivity contribution in [2.24, 2.45) is 11.3 Å². The fourth-order valence-electron chi connectivity index (χ4n) is 2.97. The Morgan fingerprint density at radius 3 is 2.62 bits per heavy atom. The summed E-state index contributed by atoms with van der Waals surface area (Å²) in [5.74, 6) is 0.572. The van der Waals surface area contributed by atoms with E-state index in [2.05, 4.69) is 25.7 Å². The van der Waals surface area contributed by atoms with Crippen molar-refractivity contribution in [1.29, 1.82) is 0 Å². The number of aromatic hydroxyl groups is 1. The molecule has 1 atom stereocenters. The molecule has 1 fully saturated rings. The Morgan fingerprint density at radius 1 is 1.43 bits per heavy atom. The zero-order chi connectivity index (χ0) is 15.8. The third-order valence-corrected chi connectivity index (χ3v) is 4.64. The van der Waals surface area contributed by atoms with Gasteiger partial charge in [-0.3, -0.25) is 9.69 Å². The molecule has 116 valence electrons. The fourth-order valence-corrected chi connectivity index (χ4v) is 3.21. The molecular formula is C17H24ClNO2. The molecule has 2 rings (SSSR count). The molecule has 1 N–H and O–H groups in total. The minimum atomic E-state index is -0.162. The van der Waals surface area contributed by atoms with Crippen LogP contribution in [-0.4, -0.2) is 28.9 Å². The van der Waals surface area contributed by atoms with Gasteiger partial charge in [-0.1, -0.05) is 32.4 Å². The van der Waals surface area contributed by atoms with E-state index in [9.17, 15) is 9.90 Å². The summed E-state index contributed by atoms with van der Waals surface area (Å²) in [6.45, 7) is 10.9. The van der Waals surface area contributed by atoms with Crippen LogP contribution in [0.5, 0.6) is 5.75 Å². The number of Topliss-reactive ketones (excluding diaryl/α,β-unsaturated/α-hetero) is 1. The van der Waals surface area contributed by atoms with Crippen molar-refractivity contribution < 1.29 is 9.90 Å². The quantitative estimate of drug-likeness (QED) is 0.854. The molecule has 4 heteroatoms. The van der Waals surface area contributed by atoms with E-state index in [0.29, 0.717) is 28.5 Å². The van der Waals surface area contributed by atoms with Crippen molar-refractivity contribution in [3.8, 4) is 5.75 Å². The second-order valence-electron chi connectivity index (χ2n) is 7.10. The SMILES string of the molecule is CC(=O)c1cc(Cl)cc(CN2CCC(C(C)(C)C)C2)c1O. The van der Waals surface area contributed by atoms with Crippen molar-refractivity contribution in [2.75, 3.05) is 13.1 Å². The van der Waals surface area contributed by atoms with Crippen LogP contribution >= 0.6 is 11.6 Å². The summed E-state index contributed by atoms with van der Waals surface area (Å²) >= 11 is 6.07. The lowest BCUT2D eigenvalue weighted by Crippen LogP contribution is -2.25. The average Bonchev–Trinajstić information content (AvgIpc) is 2.81. The highest BCUT2D eigenvalue weighted by molar-refractivity contribution is 6.31. The predicted molar refractivity (Wildman–Crippen MR) is 86.0 cm³/mol. The van der Waals surface area contributed by atoms with Crippen molar-refractivity contribution >= 4 is 17.4 Å². The molecule has 0 radical (unpaired) electrons. The van der Waals surface area contributed by atoms with Crippen LogP contribution in [0.2, 0.25) is 5.02 Å². The van der Waals surface area contributed by atoms with Gasteiger partial charge in [0.15, 0.2) is 5.78 Å². The number of halogens is 1. The number of hydrogen-bond acceptors (Lipinski definition) is 3. The van der Waals surface area contributed by atoms with Gasteiger partial charge >= 0.3 is 0 Å². The molecule has 21 heavy (non-hydrogen) atoms. The summed E-state index contributed by atoms with van der Waals surface area (Å²) in [6.07, 6.45) is 1.17. The van der Waals surface area contributed by atoms with Crippen LogP contribution in [0.3, 0.4) is 0 Å². The Morgan fingerprint density at radius 2 is 2.10 bits per heavy atom. The van der Waals surface area contributed by atoms with Gasteiger partial charge in [-0.2, -0.15) is 0 Å². The van der Waals surface area contributed by atoms with E-state index in [-0.39, 0.29) is 11.5 Å². The number of carbonyl (C=O) groups is 1. The van der Waals surface area contributed by atoms with Crippen LogP contribution in [0.4, 0.5) is 0 Å². The highest BCUT2D eigenvalue weighted by Crippen LogP contribution is 2.35. The minimum absolute atomic E-state index is 0.0751. The molecule has 0 aliphatic carbocycles. The maximum absolute atomic E-state index is 11.6. The average molecular weight is 310 g/mol. The number of benzene rings is 1. The molecule has 0 aromatic heterocycles. The molecule has 1 aliphatic rings. The highest BCUT2D eigenvalue weighted by Gasteiger charge is 2.32. The van der Waals surface area contributed by atoms with Gasteiger partial charge in [-0.25, -0.2) is 0 Å². The molecule has 0 amide bonds. The number of phenolic OH excluding ortho intramolecular Hbond substituents is 1. The van der Waals surface area contributed by atoms with Gasteiger partial charge in [-0.15, -0.1) is 0 Å². The van der Waals surface area contributed by atoms with Gasteiger partial charge in [0.2, 0.25) is 0 Å². The number of phenols is 1. The number of ketones is 1. The van der Waals surface area contributed by atoms with E-state index < -0.39 is 0 Å². The van der Waals surface area contributed by atoms with Gasteiger partial charge in [0.1, 0.15) is 5.75 Å². The Kier molecular flexibility index (Phi) is 4.64. The van der Waals surface area contributed by atoms with Crippen LogP contribution in [0.15, 0.2) is 12.1 Å². The Bertz CT molecular complexity index is 548. The zero-order valence-corrected chi connectivity index (χ0v) is 14.0. The maximum atomic E-state index is 11.6. The Hall–Kier alpha value is -1.06. The molecule has 1 aromatic carbocycles. The van der Waals surface area contributed by atoms with Crippen molar-refractivity contribution in [3.05, 3.63) is 28.3 Å². The van der Waals surface area contributed by atoms with E-state index in [4.69, 9.17) is 11.6 Å². The molecule has 1 unspecified atom stereocenters. The molecule has 1 saturated heterocycles. The third kappa shape index (κ3) is 3.78. The van der Waals surface area contributed by atoms with E-state index in [1.54, 1.807) is 6.07 Å². The number of nitrogens with zero attached hydrogens (tertiary/aromatic N) is 1. The van der Waals surface area contributed by atoms with E-state index >= 15 is 0 Å². The Labute approximate surface area is 131 Å². The maximum Gasteiger partial charge on any atom is 0.163 e. The van der Waals surface area contributed by atoms with Gasteiger partial charge in [0.25, 0.3) is 0 Å². The van der Waals surface area contributed by atoms with Crippen LogP contribution in [0.1, 0.15) is 50.0 Å². The normalized spacial score (nSPS) is 20.0. The van der Waals surface area contributed by atoms with Crippen molar-refractivity contribution in [3.63, 3.8) is 0 Å². The lowest BCUT2D eigenvalue weighted by Gasteiger charge is -2.27. The van der Waals surface area contributed by atoms with Crippen LogP contribution in [0, 0.1) is 11.3 Å². The van der Waals surface area contributed by atoms with Crippen LogP contribution in [0.25, 0.3) is 0 Å². The summed E-state index contributed by atoms with van der Waals surface area (Å²) in [5, 5.41) is 10.8.